The average Bonchev–Trinajstić information content (AvgIpc) is 2.43. The second-order valence-electron chi connectivity index (χ2n) is 4.26. The maximum absolute atomic E-state index is 11.0. The Morgan fingerprint density at radius 3 is 2.68 bits per heavy atom. The van der Waals surface area contributed by atoms with E-state index in [0.717, 1.165) is 10.0 Å². The van der Waals surface area contributed by atoms with Crippen LogP contribution in [0.4, 0.5) is 0 Å². The maximum atomic E-state index is 11.0. The smallest absolute Gasteiger partial charge is 0.233 e. The summed E-state index contributed by atoms with van der Waals surface area (Å²) in [6, 6.07) is 4.89. The van der Waals surface area contributed by atoms with Gasteiger partial charge >= 0.3 is 0 Å². The fourth-order valence-corrected chi connectivity index (χ4v) is 5.18. The van der Waals surface area contributed by atoms with Crippen LogP contribution in [0.5, 0.6) is 0 Å². The zero-order chi connectivity index (χ0) is 14.4. The minimum Gasteiger partial charge on any atom is -0.281 e. The minimum atomic E-state index is -3.67. The highest BCUT2D eigenvalue weighted by Crippen LogP contribution is 2.63. The van der Waals surface area contributed by atoms with Gasteiger partial charge in [0.05, 0.1) is 16.7 Å². The molecular weight excluding hydrogens is 378 g/mol. The van der Waals surface area contributed by atoms with E-state index in [4.69, 9.17) is 10.7 Å². The summed E-state index contributed by atoms with van der Waals surface area (Å²) in [6.07, 6.45) is 0. The van der Waals surface area contributed by atoms with E-state index in [1.165, 1.54) is 4.31 Å². The lowest BCUT2D eigenvalue weighted by Crippen LogP contribution is -2.28. The van der Waals surface area contributed by atoms with Gasteiger partial charge in [-0.25, -0.2) is 8.42 Å². The third-order valence-electron chi connectivity index (χ3n) is 3.03. The highest BCUT2D eigenvalue weighted by molar-refractivity contribution is 9.10. The molecule has 5 nitrogen and oxygen atoms in total. The lowest BCUT2D eigenvalue weighted by Gasteiger charge is -2.38. The molecule has 0 saturated carbocycles. The van der Waals surface area contributed by atoms with Crippen LogP contribution in [0, 0.1) is 0 Å². The largest absolute Gasteiger partial charge is 0.281 e. The molecule has 1 aliphatic rings. The van der Waals surface area contributed by atoms with Gasteiger partial charge in [0, 0.05) is 21.7 Å². The first-order chi connectivity index (χ1) is 8.63. The predicted molar refractivity (Wildman–Crippen MR) is 80.0 cm³/mol. The third-order valence-corrected chi connectivity index (χ3v) is 6.77. The van der Waals surface area contributed by atoms with E-state index in [9.17, 15) is 17.5 Å². The first-order valence-electron chi connectivity index (χ1n) is 5.40. The van der Waals surface area contributed by atoms with Crippen LogP contribution in [-0.4, -0.2) is 34.1 Å². The lowest BCUT2D eigenvalue weighted by molar-refractivity contribution is 0.329. The van der Waals surface area contributed by atoms with Crippen LogP contribution in [0.25, 0.3) is 0 Å². The van der Waals surface area contributed by atoms with Gasteiger partial charge in [-0.3, -0.25) is 9.11 Å². The molecule has 0 aliphatic carbocycles. The Hall–Kier alpha value is 0.170. The number of hydrogen-bond acceptors (Lipinski definition) is 5. The van der Waals surface area contributed by atoms with Crippen molar-refractivity contribution in [3.8, 4) is 0 Å². The molecular formula is C10H13BrClNO4S2. The molecule has 2 N–H and O–H groups in total. The number of halogens is 2. The molecule has 0 radical (unpaired) electrons. The van der Waals surface area contributed by atoms with Crippen LogP contribution >= 0.6 is 37.4 Å². The Labute approximate surface area is 126 Å². The number of hydrogen-bond donors (Lipinski definition) is 2. The molecule has 1 atom stereocenters. The van der Waals surface area contributed by atoms with Crippen LogP contribution in [0.1, 0.15) is 18.5 Å². The van der Waals surface area contributed by atoms with E-state index < -0.39 is 19.8 Å². The molecule has 1 aromatic carbocycles. The van der Waals surface area contributed by atoms with Crippen LogP contribution in [-0.2, 0) is 9.05 Å². The second kappa shape index (κ2) is 5.18. The van der Waals surface area contributed by atoms with Crippen LogP contribution in [0.15, 0.2) is 27.6 Å². The van der Waals surface area contributed by atoms with Crippen LogP contribution in [0.2, 0.25) is 0 Å². The van der Waals surface area contributed by atoms with E-state index >= 15 is 0 Å². The first kappa shape index (κ1) is 15.6. The number of nitrogens with zero attached hydrogens (tertiary/aromatic N) is 1. The van der Waals surface area contributed by atoms with Crippen LogP contribution in [0.3, 0.4) is 0 Å². The molecule has 2 rings (SSSR count). The SMILES string of the molecule is CC1c2cc(Br)ccc2S(O)(O)N1CCS(=O)(=O)Cl. The Morgan fingerprint density at radius 2 is 2.11 bits per heavy atom. The summed E-state index contributed by atoms with van der Waals surface area (Å²) in [6.45, 7) is 1.77. The lowest BCUT2D eigenvalue weighted by atomic mass is 10.1. The van der Waals surface area contributed by atoms with Gasteiger partial charge in [0.15, 0.2) is 0 Å². The summed E-state index contributed by atoms with van der Waals surface area (Å²) in [7, 11) is -1.64. The zero-order valence-electron chi connectivity index (χ0n) is 9.95. The van der Waals surface area contributed by atoms with E-state index in [0.29, 0.717) is 4.90 Å². The first-order valence-corrected chi connectivity index (χ1v) is 10.2. The maximum Gasteiger partial charge on any atom is 0.233 e. The molecule has 9 heteroatoms. The van der Waals surface area contributed by atoms with E-state index in [1.807, 2.05) is 6.07 Å². The standard InChI is InChI=1S/C10H13BrClNO4S2/c1-7-9-6-8(11)2-3-10(9)19(16,17)13(7)4-5-18(12,14)15/h2-3,6-7,16-17H,4-5H2,1H3. The minimum absolute atomic E-state index is 0.0262. The fourth-order valence-electron chi connectivity index (χ4n) is 2.12. The Balaban J connectivity index is 2.34. The molecule has 1 aromatic rings. The van der Waals surface area contributed by atoms with Crippen molar-refractivity contribution >= 4 is 46.4 Å². The number of rotatable bonds is 3. The third kappa shape index (κ3) is 3.10. The molecule has 1 unspecified atom stereocenters. The molecule has 0 fully saturated rings. The summed E-state index contributed by atoms with van der Waals surface area (Å²) in [5.41, 5.74) is 0.779. The van der Waals surface area contributed by atoms with Crippen molar-refractivity contribution in [2.45, 2.75) is 17.9 Å². The van der Waals surface area contributed by atoms with Gasteiger partial charge in [-0.1, -0.05) is 15.9 Å². The molecule has 1 heterocycles. The Bertz CT molecular complexity index is 608. The summed E-state index contributed by atoms with van der Waals surface area (Å²) >= 11 is 3.33. The summed E-state index contributed by atoms with van der Waals surface area (Å²) < 4.78 is 44.8. The Morgan fingerprint density at radius 1 is 1.47 bits per heavy atom. The van der Waals surface area contributed by atoms with Gasteiger partial charge < -0.3 is 0 Å². The molecule has 0 saturated heterocycles. The predicted octanol–water partition coefficient (Wildman–Crippen LogP) is 3.42. The highest BCUT2D eigenvalue weighted by Gasteiger charge is 2.40. The van der Waals surface area contributed by atoms with Crippen molar-refractivity contribution in [3.63, 3.8) is 0 Å². The van der Waals surface area contributed by atoms with Crippen molar-refractivity contribution in [3.05, 3.63) is 28.2 Å². The Kier molecular flexibility index (Phi) is 4.24. The molecule has 0 aromatic heterocycles. The van der Waals surface area contributed by atoms with E-state index in [2.05, 4.69) is 15.9 Å². The number of benzene rings is 1. The number of fused-ring (bicyclic) bond motifs is 1. The normalized spacial score (nSPS) is 24.2. The highest BCUT2D eigenvalue weighted by atomic mass is 79.9. The van der Waals surface area contributed by atoms with Gasteiger partial charge in [0.25, 0.3) is 0 Å². The van der Waals surface area contributed by atoms with Crippen molar-refractivity contribution < 1.29 is 17.5 Å². The monoisotopic (exact) mass is 389 g/mol. The fraction of sp³-hybridized carbons (Fsp3) is 0.400. The van der Waals surface area contributed by atoms with Gasteiger partial charge in [0.1, 0.15) is 0 Å². The molecule has 0 spiro atoms. The average molecular weight is 391 g/mol. The quantitative estimate of drug-likeness (QED) is 0.773. The summed E-state index contributed by atoms with van der Waals surface area (Å²) in [4.78, 5) is 0.440. The zero-order valence-corrected chi connectivity index (χ0v) is 13.9. The van der Waals surface area contributed by atoms with Crippen molar-refractivity contribution in [2.24, 2.45) is 0 Å². The van der Waals surface area contributed by atoms with Crippen molar-refractivity contribution in [1.29, 1.82) is 0 Å². The van der Waals surface area contributed by atoms with Gasteiger partial charge in [0.2, 0.25) is 9.05 Å². The topological polar surface area (TPSA) is 77.8 Å². The summed E-state index contributed by atoms with van der Waals surface area (Å²) in [5.74, 6) is -0.329. The second-order valence-corrected chi connectivity index (χ2v) is 10.0. The van der Waals surface area contributed by atoms with Gasteiger partial charge in [-0.05, 0) is 30.7 Å². The summed E-state index contributed by atoms with van der Waals surface area (Å²) in [5, 5.41) is 0. The molecule has 108 valence electrons. The molecule has 19 heavy (non-hydrogen) atoms. The van der Waals surface area contributed by atoms with E-state index in [-0.39, 0.29) is 18.3 Å². The van der Waals surface area contributed by atoms with E-state index in [1.54, 1.807) is 19.1 Å². The van der Waals surface area contributed by atoms with Crippen LogP contribution < -0.4 is 0 Å². The molecule has 1 aliphatic heterocycles. The van der Waals surface area contributed by atoms with Crippen molar-refractivity contribution in [2.75, 3.05) is 12.3 Å². The van der Waals surface area contributed by atoms with Crippen molar-refractivity contribution in [1.82, 2.24) is 4.31 Å². The van der Waals surface area contributed by atoms with Gasteiger partial charge in [-0.15, -0.1) is 10.8 Å². The van der Waals surface area contributed by atoms with Gasteiger partial charge in [-0.2, -0.15) is 4.31 Å². The molecule has 0 amide bonds. The molecule has 0 bridgehead atoms.